The van der Waals surface area contributed by atoms with Crippen LogP contribution in [0.25, 0.3) is 10.9 Å². The summed E-state index contributed by atoms with van der Waals surface area (Å²) in [5.74, 6) is 0.928. The smallest absolute Gasteiger partial charge is 0.120 e. The first-order chi connectivity index (χ1) is 9.22. The molecule has 1 heterocycles. The van der Waals surface area contributed by atoms with Crippen LogP contribution in [0.15, 0.2) is 18.2 Å². The Labute approximate surface area is 115 Å². The monoisotopic (exact) mass is 260 g/mol. The van der Waals surface area contributed by atoms with Crippen molar-refractivity contribution in [2.75, 3.05) is 6.61 Å². The lowest BCUT2D eigenvalue weighted by Gasteiger charge is -2.08. The zero-order chi connectivity index (χ0) is 13.8. The van der Waals surface area contributed by atoms with Gasteiger partial charge in [0, 0.05) is 29.7 Å². The minimum absolute atomic E-state index is 0.580. The van der Waals surface area contributed by atoms with Gasteiger partial charge >= 0.3 is 0 Å². The Bertz CT molecular complexity index is 557. The second-order valence-electron chi connectivity index (χ2n) is 4.89. The van der Waals surface area contributed by atoms with Gasteiger partial charge in [0.25, 0.3) is 0 Å². The minimum atomic E-state index is 0.580. The average molecular weight is 260 g/mol. The van der Waals surface area contributed by atoms with Gasteiger partial charge in [0.05, 0.1) is 6.61 Å². The molecule has 0 fully saturated rings. The summed E-state index contributed by atoms with van der Waals surface area (Å²) >= 11 is 0. The van der Waals surface area contributed by atoms with Crippen LogP contribution in [0.3, 0.4) is 0 Å². The molecule has 0 radical (unpaired) electrons. The molecule has 19 heavy (non-hydrogen) atoms. The second-order valence-corrected chi connectivity index (χ2v) is 4.89. The van der Waals surface area contributed by atoms with E-state index in [0.717, 1.165) is 12.3 Å². The predicted octanol–water partition coefficient (Wildman–Crippen LogP) is 3.61. The predicted molar refractivity (Wildman–Crippen MR) is 80.6 cm³/mol. The Balaban J connectivity index is 2.54. The van der Waals surface area contributed by atoms with Crippen molar-refractivity contribution in [2.45, 2.75) is 46.7 Å². The van der Waals surface area contributed by atoms with Crippen molar-refractivity contribution in [1.82, 2.24) is 4.57 Å². The van der Waals surface area contributed by atoms with Crippen LogP contribution in [-0.2, 0) is 13.1 Å². The lowest BCUT2D eigenvalue weighted by atomic mass is 10.1. The quantitative estimate of drug-likeness (QED) is 0.862. The van der Waals surface area contributed by atoms with Crippen LogP contribution in [0.5, 0.6) is 5.75 Å². The van der Waals surface area contributed by atoms with Gasteiger partial charge in [-0.1, -0.05) is 13.3 Å². The van der Waals surface area contributed by atoms with Crippen LogP contribution >= 0.6 is 0 Å². The molecule has 0 spiro atoms. The molecule has 0 saturated heterocycles. The molecule has 3 nitrogen and oxygen atoms in total. The molecule has 0 amide bonds. The molecule has 0 aliphatic heterocycles. The maximum absolute atomic E-state index is 5.93. The molecule has 0 aliphatic rings. The molecule has 3 heteroatoms. The highest BCUT2D eigenvalue weighted by Crippen LogP contribution is 2.29. The van der Waals surface area contributed by atoms with Gasteiger partial charge in [0.2, 0.25) is 0 Å². The van der Waals surface area contributed by atoms with Crippen LogP contribution in [-0.4, -0.2) is 11.2 Å². The van der Waals surface area contributed by atoms with Crippen molar-refractivity contribution in [1.29, 1.82) is 0 Å². The third kappa shape index (κ3) is 2.61. The van der Waals surface area contributed by atoms with Crippen LogP contribution in [0.4, 0.5) is 0 Å². The lowest BCUT2D eigenvalue weighted by Crippen LogP contribution is -2.02. The topological polar surface area (TPSA) is 40.2 Å². The highest BCUT2D eigenvalue weighted by atomic mass is 16.5. The molecule has 2 rings (SSSR count). The molecular formula is C16H24N2O. The Morgan fingerprint density at radius 1 is 1.26 bits per heavy atom. The first-order valence-electron chi connectivity index (χ1n) is 7.17. The molecule has 0 atom stereocenters. The number of fused-ring (bicyclic) bond motifs is 1. The van der Waals surface area contributed by atoms with Crippen LogP contribution in [0.2, 0.25) is 0 Å². The van der Waals surface area contributed by atoms with Crippen molar-refractivity contribution < 1.29 is 4.74 Å². The summed E-state index contributed by atoms with van der Waals surface area (Å²) in [7, 11) is 0. The number of benzene rings is 1. The molecule has 0 aliphatic carbocycles. The Hall–Kier alpha value is -1.48. The van der Waals surface area contributed by atoms with Gasteiger partial charge in [-0.2, -0.15) is 0 Å². The first-order valence-corrected chi connectivity index (χ1v) is 7.17. The number of aromatic nitrogens is 1. The average Bonchev–Trinajstić information content (AvgIpc) is 2.68. The van der Waals surface area contributed by atoms with Gasteiger partial charge in [0.15, 0.2) is 0 Å². The zero-order valence-electron chi connectivity index (χ0n) is 12.2. The highest BCUT2D eigenvalue weighted by Gasteiger charge is 2.13. The summed E-state index contributed by atoms with van der Waals surface area (Å²) in [4.78, 5) is 0. The molecule has 0 bridgehead atoms. The van der Waals surface area contributed by atoms with E-state index in [2.05, 4.69) is 30.5 Å². The number of nitrogens with zero attached hydrogens (tertiary/aromatic N) is 1. The van der Waals surface area contributed by atoms with Crippen molar-refractivity contribution >= 4 is 10.9 Å². The number of ether oxygens (including phenoxy) is 1. The Morgan fingerprint density at radius 3 is 2.68 bits per heavy atom. The van der Waals surface area contributed by atoms with Crippen molar-refractivity contribution in [3.8, 4) is 5.75 Å². The number of hydrogen-bond donors (Lipinski definition) is 1. The molecule has 104 valence electrons. The molecule has 0 saturated carbocycles. The number of unbranched alkanes of at least 4 members (excludes halogenated alkanes) is 1. The summed E-state index contributed by atoms with van der Waals surface area (Å²) in [6.45, 7) is 8.73. The number of aryl methyl sites for hydroxylation is 1. The number of hydrogen-bond acceptors (Lipinski definition) is 2. The van der Waals surface area contributed by atoms with E-state index >= 15 is 0 Å². The van der Waals surface area contributed by atoms with E-state index in [0.29, 0.717) is 13.2 Å². The van der Waals surface area contributed by atoms with Gasteiger partial charge in [-0.3, -0.25) is 0 Å². The molecule has 1 aromatic heterocycles. The maximum atomic E-state index is 5.93. The van der Waals surface area contributed by atoms with Crippen molar-refractivity contribution in [3.05, 3.63) is 29.5 Å². The summed E-state index contributed by atoms with van der Waals surface area (Å²) in [6.07, 6.45) is 2.40. The first kappa shape index (κ1) is 13.9. The molecule has 1 aromatic carbocycles. The molecular weight excluding hydrogens is 236 g/mol. The number of rotatable bonds is 6. The molecule has 2 aromatic rings. The van der Waals surface area contributed by atoms with E-state index in [-0.39, 0.29) is 0 Å². The van der Waals surface area contributed by atoms with Crippen molar-refractivity contribution in [3.63, 3.8) is 0 Å². The van der Waals surface area contributed by atoms with Crippen LogP contribution in [0, 0.1) is 6.92 Å². The standard InChI is InChI=1S/C16H24N2O/c1-4-6-9-18-12(3)15(11-17)14-10-13(19-5-2)7-8-16(14)18/h7-8,10H,4-6,9,11,17H2,1-3H3. The van der Waals surface area contributed by atoms with E-state index < -0.39 is 0 Å². The summed E-state index contributed by atoms with van der Waals surface area (Å²) in [6, 6.07) is 6.33. The Kier molecular flexibility index (Phi) is 4.48. The third-order valence-corrected chi connectivity index (χ3v) is 3.68. The molecule has 2 N–H and O–H groups in total. The van der Waals surface area contributed by atoms with E-state index in [4.69, 9.17) is 10.5 Å². The van der Waals surface area contributed by atoms with E-state index in [1.807, 2.05) is 13.0 Å². The second kappa shape index (κ2) is 6.11. The van der Waals surface area contributed by atoms with Gasteiger partial charge < -0.3 is 15.0 Å². The minimum Gasteiger partial charge on any atom is -0.494 e. The van der Waals surface area contributed by atoms with Gasteiger partial charge in [-0.15, -0.1) is 0 Å². The van der Waals surface area contributed by atoms with Gasteiger partial charge in [-0.05, 0) is 44.0 Å². The van der Waals surface area contributed by atoms with Crippen LogP contribution in [0.1, 0.15) is 37.9 Å². The maximum Gasteiger partial charge on any atom is 0.120 e. The lowest BCUT2D eigenvalue weighted by molar-refractivity contribution is 0.340. The Morgan fingerprint density at radius 2 is 2.05 bits per heavy atom. The normalized spacial score (nSPS) is 11.2. The van der Waals surface area contributed by atoms with E-state index in [9.17, 15) is 0 Å². The van der Waals surface area contributed by atoms with Crippen molar-refractivity contribution in [2.24, 2.45) is 5.73 Å². The van der Waals surface area contributed by atoms with E-state index in [1.54, 1.807) is 0 Å². The largest absolute Gasteiger partial charge is 0.494 e. The van der Waals surface area contributed by atoms with Gasteiger partial charge in [-0.25, -0.2) is 0 Å². The fourth-order valence-electron chi connectivity index (χ4n) is 2.65. The van der Waals surface area contributed by atoms with Crippen LogP contribution < -0.4 is 10.5 Å². The van der Waals surface area contributed by atoms with E-state index in [1.165, 1.54) is 35.0 Å². The SMILES string of the molecule is CCCCn1c(C)c(CN)c2cc(OCC)ccc21. The number of nitrogens with two attached hydrogens (primary N) is 1. The van der Waals surface area contributed by atoms with Gasteiger partial charge in [0.1, 0.15) is 5.75 Å². The fourth-order valence-corrected chi connectivity index (χ4v) is 2.65. The summed E-state index contributed by atoms with van der Waals surface area (Å²) < 4.78 is 7.98. The summed E-state index contributed by atoms with van der Waals surface area (Å²) in [5.41, 5.74) is 9.74. The third-order valence-electron chi connectivity index (χ3n) is 3.68. The highest BCUT2D eigenvalue weighted by molar-refractivity contribution is 5.86. The zero-order valence-corrected chi connectivity index (χ0v) is 12.2. The molecule has 0 unspecified atom stereocenters. The fraction of sp³-hybridized carbons (Fsp3) is 0.500. The summed E-state index contributed by atoms with van der Waals surface area (Å²) in [5, 5.41) is 1.24.